The Hall–Kier alpha value is -0.0445. The SMILES string of the molecule is CC(=O)O.O=C(O)C(=O)O.[Cd].[Zn]. The van der Waals surface area contributed by atoms with Crippen molar-refractivity contribution in [3.63, 3.8) is 0 Å². The normalized spacial score (nSPS) is 5.75. The summed E-state index contributed by atoms with van der Waals surface area (Å²) in [6.45, 7) is 1.08. The van der Waals surface area contributed by atoms with Gasteiger partial charge in [0.05, 0.1) is 0 Å². The number of rotatable bonds is 0. The molecule has 0 spiro atoms. The van der Waals surface area contributed by atoms with Crippen LogP contribution in [0.5, 0.6) is 0 Å². The molecule has 0 fully saturated rings. The minimum atomic E-state index is -1.82. The first-order valence-electron chi connectivity index (χ1n) is 2.03. The van der Waals surface area contributed by atoms with E-state index < -0.39 is 17.9 Å². The monoisotopic (exact) mass is 328 g/mol. The van der Waals surface area contributed by atoms with Gasteiger partial charge in [0.2, 0.25) is 0 Å². The summed E-state index contributed by atoms with van der Waals surface area (Å²) in [6, 6.07) is 0. The van der Waals surface area contributed by atoms with E-state index in [0.717, 1.165) is 6.92 Å². The van der Waals surface area contributed by atoms with Gasteiger partial charge in [-0.05, 0) is 0 Å². The molecule has 0 bridgehead atoms. The molecule has 0 amide bonds. The molecule has 0 saturated heterocycles. The standard InChI is InChI=1S/C2H2O4.C2H4O2.Cd.Zn/c3-1(4)2(5)6;1-2(3)4;;/h(H,3,4)(H,5,6);1H3,(H,3,4);;. The van der Waals surface area contributed by atoms with Gasteiger partial charge in [-0.1, -0.05) is 0 Å². The van der Waals surface area contributed by atoms with Crippen molar-refractivity contribution in [2.45, 2.75) is 6.92 Å². The Labute approximate surface area is 101 Å². The molecule has 6 nitrogen and oxygen atoms in total. The van der Waals surface area contributed by atoms with E-state index in [4.69, 9.17) is 29.7 Å². The summed E-state index contributed by atoms with van der Waals surface area (Å²) in [6.07, 6.45) is 0. The summed E-state index contributed by atoms with van der Waals surface area (Å²) in [5.74, 6) is -4.48. The summed E-state index contributed by atoms with van der Waals surface area (Å²) in [7, 11) is 0. The smallest absolute Gasteiger partial charge is 0.414 e. The van der Waals surface area contributed by atoms with Crippen molar-refractivity contribution in [3.8, 4) is 0 Å². The Kier molecular flexibility index (Phi) is 25.6. The second-order valence-electron chi connectivity index (χ2n) is 1.13. The molecule has 3 N–H and O–H groups in total. The Morgan fingerprint density at radius 2 is 1.00 bits per heavy atom. The fourth-order valence-corrected chi connectivity index (χ4v) is 0. The third kappa shape index (κ3) is 51.0. The van der Waals surface area contributed by atoms with Crippen molar-refractivity contribution in [2.24, 2.45) is 0 Å². The average Bonchev–Trinajstić information content (AvgIpc) is 1.63. The molecule has 0 saturated carbocycles. The van der Waals surface area contributed by atoms with Crippen LogP contribution in [0.4, 0.5) is 0 Å². The molecule has 0 aromatic carbocycles. The van der Waals surface area contributed by atoms with E-state index in [9.17, 15) is 0 Å². The molecule has 0 aliphatic heterocycles. The summed E-state index contributed by atoms with van der Waals surface area (Å²) >= 11 is 0. The number of hydrogen-bond donors (Lipinski definition) is 3. The number of carboxylic acid groups (broad SMARTS) is 3. The van der Waals surface area contributed by atoms with Crippen LogP contribution in [0.25, 0.3) is 0 Å². The predicted octanol–water partition coefficient (Wildman–Crippen LogP) is -0.758. The molecule has 0 rings (SSSR count). The zero-order valence-corrected chi connectivity index (χ0v) is 13.5. The van der Waals surface area contributed by atoms with E-state index in [2.05, 4.69) is 0 Å². The largest absolute Gasteiger partial charge is 0.481 e. The molecule has 0 radical (unpaired) electrons. The Morgan fingerprint density at radius 3 is 1.00 bits per heavy atom. The summed E-state index contributed by atoms with van der Waals surface area (Å²) in [4.78, 5) is 27.2. The maximum absolute atomic E-state index is 9.10. The first-order chi connectivity index (χ1) is 4.37. The van der Waals surface area contributed by atoms with Crippen LogP contribution in [0.1, 0.15) is 6.92 Å². The van der Waals surface area contributed by atoms with Crippen LogP contribution in [0.3, 0.4) is 0 Å². The zero-order chi connectivity index (χ0) is 8.73. The molecule has 8 heteroatoms. The molecule has 0 atom stereocenters. The molecule has 0 aromatic rings. The van der Waals surface area contributed by atoms with Crippen LogP contribution in [0.2, 0.25) is 0 Å². The summed E-state index contributed by atoms with van der Waals surface area (Å²) in [5.41, 5.74) is 0. The van der Waals surface area contributed by atoms with E-state index in [0.29, 0.717) is 0 Å². The first-order valence-corrected chi connectivity index (χ1v) is 2.03. The molecule has 0 aliphatic carbocycles. The zero-order valence-electron chi connectivity index (χ0n) is 6.48. The van der Waals surface area contributed by atoms with E-state index in [1.165, 1.54) is 0 Å². The van der Waals surface area contributed by atoms with Crippen molar-refractivity contribution in [2.75, 3.05) is 0 Å². The van der Waals surface area contributed by atoms with Crippen LogP contribution in [-0.2, 0) is 61.2 Å². The van der Waals surface area contributed by atoms with Gasteiger partial charge in [0, 0.05) is 53.7 Å². The second-order valence-corrected chi connectivity index (χ2v) is 1.13. The van der Waals surface area contributed by atoms with Gasteiger partial charge in [0.1, 0.15) is 0 Å². The first kappa shape index (κ1) is 22.7. The van der Waals surface area contributed by atoms with Crippen LogP contribution < -0.4 is 0 Å². The number of carboxylic acids is 3. The molecule has 12 heavy (non-hydrogen) atoms. The fourth-order valence-electron chi connectivity index (χ4n) is 0. The molecule has 0 aromatic heterocycles. The van der Waals surface area contributed by atoms with Crippen molar-refractivity contribution in [3.05, 3.63) is 0 Å². The molecule has 0 unspecified atom stereocenters. The van der Waals surface area contributed by atoms with Crippen LogP contribution in [0, 0.1) is 0 Å². The number of aliphatic carboxylic acids is 3. The van der Waals surface area contributed by atoms with E-state index in [1.807, 2.05) is 0 Å². The number of hydrogen-bond acceptors (Lipinski definition) is 3. The third-order valence-corrected chi connectivity index (χ3v) is 0.183. The van der Waals surface area contributed by atoms with E-state index >= 15 is 0 Å². The quantitative estimate of drug-likeness (QED) is 0.398. The maximum Gasteiger partial charge on any atom is 0.414 e. The van der Waals surface area contributed by atoms with Gasteiger partial charge >= 0.3 is 11.9 Å². The van der Waals surface area contributed by atoms with Gasteiger partial charge in [-0.15, -0.1) is 0 Å². The van der Waals surface area contributed by atoms with Crippen LogP contribution >= 0.6 is 0 Å². The van der Waals surface area contributed by atoms with Crippen LogP contribution in [-0.4, -0.2) is 33.2 Å². The minimum Gasteiger partial charge on any atom is -0.481 e. The van der Waals surface area contributed by atoms with Gasteiger partial charge in [-0.2, -0.15) is 0 Å². The van der Waals surface area contributed by atoms with Crippen molar-refractivity contribution < 1.29 is 76.5 Å². The van der Waals surface area contributed by atoms with Gasteiger partial charge < -0.3 is 15.3 Å². The number of carbonyl (C=O) groups is 3. The van der Waals surface area contributed by atoms with Crippen LogP contribution in [0.15, 0.2) is 0 Å². The van der Waals surface area contributed by atoms with Gasteiger partial charge in [-0.3, -0.25) is 4.79 Å². The molecular formula is C4H6CdO6Zn. The molecule has 62 valence electrons. The van der Waals surface area contributed by atoms with E-state index in [1.54, 1.807) is 0 Å². The van der Waals surface area contributed by atoms with Gasteiger partial charge in [0.25, 0.3) is 5.97 Å². The Balaban J connectivity index is -0.0000000483. The second kappa shape index (κ2) is 13.5. The predicted molar refractivity (Wildman–Crippen MR) is 28.6 cm³/mol. The summed E-state index contributed by atoms with van der Waals surface area (Å²) in [5, 5.41) is 22.2. The van der Waals surface area contributed by atoms with E-state index in [-0.39, 0.29) is 46.8 Å². The van der Waals surface area contributed by atoms with Crippen molar-refractivity contribution in [1.29, 1.82) is 0 Å². The Morgan fingerprint density at radius 1 is 0.917 bits per heavy atom. The fraction of sp³-hybridized carbons (Fsp3) is 0.250. The van der Waals surface area contributed by atoms with Crippen molar-refractivity contribution >= 4 is 17.9 Å². The minimum absolute atomic E-state index is 0. The molecular weight excluding hydrogens is 322 g/mol. The maximum atomic E-state index is 9.10. The Bertz CT molecular complexity index is 142. The van der Waals surface area contributed by atoms with Gasteiger partial charge in [0.15, 0.2) is 0 Å². The topological polar surface area (TPSA) is 112 Å². The van der Waals surface area contributed by atoms with Gasteiger partial charge in [-0.25, -0.2) is 9.59 Å². The third-order valence-electron chi connectivity index (χ3n) is 0.183. The average molecular weight is 328 g/mol. The molecule has 0 heterocycles. The van der Waals surface area contributed by atoms with Crippen molar-refractivity contribution in [1.82, 2.24) is 0 Å². The summed E-state index contributed by atoms with van der Waals surface area (Å²) < 4.78 is 0. The molecule has 0 aliphatic rings.